The van der Waals surface area contributed by atoms with Crippen LogP contribution in [0.25, 0.3) is 11.0 Å². The fourth-order valence-corrected chi connectivity index (χ4v) is 7.66. The molecule has 0 spiro atoms. The number of imidazole rings is 1. The van der Waals surface area contributed by atoms with Crippen LogP contribution >= 0.6 is 37.2 Å². The number of likely N-dealkylation sites (tertiary alicyclic amines) is 1. The number of para-hydroxylation sites is 2. The zero-order chi connectivity index (χ0) is 27.5. The first-order chi connectivity index (χ1) is 19.6. The van der Waals surface area contributed by atoms with Gasteiger partial charge in [-0.05, 0) is 43.4 Å². The lowest BCUT2D eigenvalue weighted by Crippen LogP contribution is -2.51. The number of piperazine rings is 1. The predicted molar refractivity (Wildman–Crippen MR) is 184 cm³/mol. The molecule has 238 valence electrons. The van der Waals surface area contributed by atoms with Crippen LogP contribution in [0.1, 0.15) is 63.0 Å². The summed E-state index contributed by atoms with van der Waals surface area (Å²) in [5.74, 6) is 0.152. The molecular formula is C32H48Cl3N7O. The van der Waals surface area contributed by atoms with Crippen molar-refractivity contribution in [3.63, 3.8) is 0 Å². The van der Waals surface area contributed by atoms with Crippen molar-refractivity contribution in [2.45, 2.75) is 69.5 Å². The third-order valence-electron chi connectivity index (χ3n) is 9.90. The number of nitrogens with two attached hydrogens (primary N) is 1. The number of nitrogens with one attached hydrogen (secondary N) is 1. The van der Waals surface area contributed by atoms with E-state index in [1.165, 1.54) is 44.1 Å². The molecule has 43 heavy (non-hydrogen) atoms. The topological polar surface area (TPSA) is 86.5 Å². The highest BCUT2D eigenvalue weighted by Crippen LogP contribution is 2.43. The van der Waals surface area contributed by atoms with Gasteiger partial charge in [-0.25, -0.2) is 4.79 Å². The van der Waals surface area contributed by atoms with E-state index < -0.39 is 0 Å². The third kappa shape index (κ3) is 7.20. The summed E-state index contributed by atoms with van der Waals surface area (Å²) in [6.07, 6.45) is 9.77. The van der Waals surface area contributed by atoms with Gasteiger partial charge in [0.05, 0.1) is 11.0 Å². The molecule has 3 aliphatic rings. The molecule has 11 heteroatoms. The first-order valence-corrected chi connectivity index (χ1v) is 15.4. The maximum absolute atomic E-state index is 14.0. The van der Waals surface area contributed by atoms with Crippen molar-refractivity contribution >= 4 is 54.2 Å². The van der Waals surface area contributed by atoms with Gasteiger partial charge in [-0.1, -0.05) is 68.1 Å². The third-order valence-corrected chi connectivity index (χ3v) is 9.90. The van der Waals surface area contributed by atoms with Crippen LogP contribution in [0.15, 0.2) is 59.4 Å². The summed E-state index contributed by atoms with van der Waals surface area (Å²) in [6, 6.07) is 19.8. The largest absolute Gasteiger partial charge is 0.370 e. The molecule has 3 N–H and O–H groups in total. The van der Waals surface area contributed by atoms with Crippen LogP contribution in [-0.2, 0) is 12.1 Å². The first kappa shape index (κ1) is 35.3. The van der Waals surface area contributed by atoms with Crippen molar-refractivity contribution in [1.82, 2.24) is 23.8 Å². The lowest BCUT2D eigenvalue weighted by Gasteiger charge is -2.47. The zero-order valence-corrected chi connectivity index (χ0v) is 27.5. The van der Waals surface area contributed by atoms with E-state index in [0.29, 0.717) is 6.54 Å². The normalized spacial score (nSPS) is 20.0. The second-order valence-electron chi connectivity index (χ2n) is 12.0. The van der Waals surface area contributed by atoms with Gasteiger partial charge in [0.2, 0.25) is 0 Å². The van der Waals surface area contributed by atoms with E-state index in [0.717, 1.165) is 69.7 Å². The SMILES string of the molecule is Cl.Cl.Cl.N=C(N)N1CCN(CCn2c(=O)n(C3CCN(C4(c5ccccc5)CCCCCC4)CC3)c3ccccc32)CC1. The van der Waals surface area contributed by atoms with Gasteiger partial charge < -0.3 is 10.6 Å². The quantitative estimate of drug-likeness (QED) is 0.210. The van der Waals surface area contributed by atoms with E-state index in [4.69, 9.17) is 11.1 Å². The molecule has 3 fully saturated rings. The van der Waals surface area contributed by atoms with E-state index in [2.05, 4.69) is 62.9 Å². The summed E-state index contributed by atoms with van der Waals surface area (Å²) in [7, 11) is 0. The number of hydrogen-bond donors (Lipinski definition) is 2. The lowest BCUT2D eigenvalue weighted by molar-refractivity contribution is 0.0354. The average Bonchev–Trinajstić information content (AvgIpc) is 3.12. The average molecular weight is 653 g/mol. The van der Waals surface area contributed by atoms with Crippen molar-refractivity contribution in [1.29, 1.82) is 5.41 Å². The predicted octanol–water partition coefficient (Wildman–Crippen LogP) is 5.47. The molecule has 3 heterocycles. The molecule has 0 amide bonds. The van der Waals surface area contributed by atoms with Crippen molar-refractivity contribution in [3.05, 3.63) is 70.6 Å². The van der Waals surface area contributed by atoms with Crippen LogP contribution in [-0.4, -0.2) is 75.6 Å². The summed E-state index contributed by atoms with van der Waals surface area (Å²) in [6.45, 7) is 6.87. The summed E-state index contributed by atoms with van der Waals surface area (Å²) in [4.78, 5) is 21.0. The van der Waals surface area contributed by atoms with Crippen molar-refractivity contribution in [2.24, 2.45) is 5.73 Å². The number of benzene rings is 2. The van der Waals surface area contributed by atoms with Crippen LogP contribution in [0.3, 0.4) is 0 Å². The van der Waals surface area contributed by atoms with Crippen LogP contribution < -0.4 is 11.4 Å². The van der Waals surface area contributed by atoms with Crippen LogP contribution in [0.5, 0.6) is 0 Å². The number of rotatable bonds is 6. The van der Waals surface area contributed by atoms with Gasteiger partial charge in [-0.2, -0.15) is 0 Å². The Morgan fingerprint density at radius 2 is 1.35 bits per heavy atom. The molecule has 1 saturated carbocycles. The number of aromatic nitrogens is 2. The van der Waals surface area contributed by atoms with Crippen LogP contribution in [0.4, 0.5) is 0 Å². The molecule has 1 aromatic heterocycles. The number of fused-ring (bicyclic) bond motifs is 1. The molecule has 2 saturated heterocycles. The first-order valence-electron chi connectivity index (χ1n) is 15.4. The van der Waals surface area contributed by atoms with Crippen molar-refractivity contribution in [2.75, 3.05) is 45.8 Å². The van der Waals surface area contributed by atoms with Gasteiger partial charge in [0.1, 0.15) is 0 Å². The molecule has 8 nitrogen and oxygen atoms in total. The fraction of sp³-hybridized carbons (Fsp3) is 0.562. The number of hydrogen-bond acceptors (Lipinski definition) is 4. The van der Waals surface area contributed by atoms with Gasteiger partial charge in [0, 0.05) is 63.9 Å². The van der Waals surface area contributed by atoms with Crippen molar-refractivity contribution < 1.29 is 0 Å². The Kier molecular flexibility index (Phi) is 12.8. The Hall–Kier alpha value is -2.23. The fourth-order valence-electron chi connectivity index (χ4n) is 7.66. The highest BCUT2D eigenvalue weighted by atomic mass is 35.5. The molecule has 2 aromatic carbocycles. The van der Waals surface area contributed by atoms with Crippen LogP contribution in [0, 0.1) is 5.41 Å². The molecule has 3 aromatic rings. The summed E-state index contributed by atoms with van der Waals surface area (Å²) < 4.78 is 4.11. The Bertz CT molecular complexity index is 1350. The van der Waals surface area contributed by atoms with E-state index in [9.17, 15) is 4.79 Å². The Morgan fingerprint density at radius 3 is 1.95 bits per heavy atom. The maximum Gasteiger partial charge on any atom is 0.329 e. The highest BCUT2D eigenvalue weighted by molar-refractivity contribution is 5.86. The molecular weight excluding hydrogens is 605 g/mol. The Morgan fingerprint density at radius 1 is 0.767 bits per heavy atom. The van der Waals surface area contributed by atoms with Gasteiger partial charge in [0.25, 0.3) is 0 Å². The monoisotopic (exact) mass is 651 g/mol. The van der Waals surface area contributed by atoms with E-state index >= 15 is 0 Å². The molecule has 0 unspecified atom stereocenters. The molecule has 0 radical (unpaired) electrons. The maximum atomic E-state index is 14.0. The van der Waals surface area contributed by atoms with Crippen LogP contribution in [0.2, 0.25) is 0 Å². The summed E-state index contributed by atoms with van der Waals surface area (Å²) in [5.41, 5.74) is 9.53. The number of guanidine groups is 1. The number of piperidine rings is 1. The highest BCUT2D eigenvalue weighted by Gasteiger charge is 2.40. The van der Waals surface area contributed by atoms with E-state index in [-0.39, 0.29) is 60.5 Å². The second-order valence-corrected chi connectivity index (χ2v) is 12.0. The second kappa shape index (κ2) is 15.7. The molecule has 6 rings (SSSR count). The number of halogens is 3. The minimum absolute atomic E-state index is 0. The van der Waals surface area contributed by atoms with E-state index in [1.807, 2.05) is 15.5 Å². The Balaban J connectivity index is 0.00000169. The molecule has 0 atom stereocenters. The standard InChI is InChI=1S/C32H45N7O.3ClH/c33-30(34)36-23-20-35(21-24-36)22-25-38-28-12-6-7-13-29(28)39(31(38)40)27-14-18-37(19-15-27)32(16-8-1-2-9-17-32)26-10-4-3-5-11-26;;;/h3-7,10-13,27H,1-2,8-9,14-25H2,(H3,33,34);3*1H. The zero-order valence-electron chi connectivity index (χ0n) is 25.0. The lowest BCUT2D eigenvalue weighted by atomic mass is 9.79. The van der Waals surface area contributed by atoms with Gasteiger partial charge in [-0.3, -0.25) is 24.3 Å². The minimum atomic E-state index is 0. The summed E-state index contributed by atoms with van der Waals surface area (Å²) in [5, 5.41) is 7.68. The number of nitrogens with zero attached hydrogens (tertiary/aromatic N) is 5. The molecule has 1 aliphatic carbocycles. The molecule has 0 bridgehead atoms. The molecule has 2 aliphatic heterocycles. The van der Waals surface area contributed by atoms with Gasteiger partial charge in [-0.15, -0.1) is 37.2 Å². The smallest absolute Gasteiger partial charge is 0.329 e. The van der Waals surface area contributed by atoms with Gasteiger partial charge >= 0.3 is 5.69 Å². The Labute approximate surface area is 274 Å². The van der Waals surface area contributed by atoms with Crippen molar-refractivity contribution in [3.8, 4) is 0 Å². The summed E-state index contributed by atoms with van der Waals surface area (Å²) >= 11 is 0. The van der Waals surface area contributed by atoms with E-state index in [1.54, 1.807) is 0 Å². The van der Waals surface area contributed by atoms with Gasteiger partial charge in [0.15, 0.2) is 5.96 Å². The minimum Gasteiger partial charge on any atom is -0.370 e.